The van der Waals surface area contributed by atoms with Crippen molar-refractivity contribution in [3.05, 3.63) is 29.3 Å². The lowest BCUT2D eigenvalue weighted by Crippen LogP contribution is -2.29. The summed E-state index contributed by atoms with van der Waals surface area (Å²) in [5, 5.41) is 0.639. The highest BCUT2D eigenvalue weighted by Gasteiger charge is 2.19. The Morgan fingerprint density at radius 3 is 2.31 bits per heavy atom. The summed E-state index contributed by atoms with van der Waals surface area (Å²) in [6.45, 7) is 3.29. The van der Waals surface area contributed by atoms with Gasteiger partial charge in [-0.25, -0.2) is 0 Å². The fraction of sp³-hybridized carbons (Fsp3) is 0.300. The molecular formula is C10H10ClO2. The first-order valence-corrected chi connectivity index (χ1v) is 4.25. The molecule has 0 heterocycles. The second kappa shape index (κ2) is 3.79. The predicted molar refractivity (Wildman–Crippen MR) is 51.9 cm³/mol. The van der Waals surface area contributed by atoms with Gasteiger partial charge in [0.2, 0.25) is 6.29 Å². The normalized spacial score (nSPS) is 11.0. The first-order chi connectivity index (χ1) is 6.03. The summed E-state index contributed by atoms with van der Waals surface area (Å²) in [4.78, 5) is 10.4. The lowest BCUT2D eigenvalue weighted by molar-refractivity contribution is 0.177. The zero-order valence-electron chi connectivity index (χ0n) is 7.50. The number of benzene rings is 1. The van der Waals surface area contributed by atoms with Crippen LogP contribution in [0.1, 0.15) is 13.8 Å². The number of ether oxygens (including phenoxy) is 1. The van der Waals surface area contributed by atoms with Gasteiger partial charge in [0.05, 0.1) is 0 Å². The van der Waals surface area contributed by atoms with Crippen molar-refractivity contribution in [1.29, 1.82) is 0 Å². The summed E-state index contributed by atoms with van der Waals surface area (Å²) in [7, 11) is 0. The molecule has 0 unspecified atom stereocenters. The van der Waals surface area contributed by atoms with Gasteiger partial charge in [0.25, 0.3) is 0 Å². The van der Waals surface area contributed by atoms with Gasteiger partial charge < -0.3 is 4.74 Å². The minimum atomic E-state index is -0.909. The van der Waals surface area contributed by atoms with Crippen LogP contribution in [0.4, 0.5) is 0 Å². The molecule has 0 N–H and O–H groups in total. The van der Waals surface area contributed by atoms with E-state index >= 15 is 0 Å². The second-order valence-electron chi connectivity index (χ2n) is 3.17. The largest absolute Gasteiger partial charge is 0.480 e. The lowest BCUT2D eigenvalue weighted by Gasteiger charge is -2.18. The van der Waals surface area contributed by atoms with Crippen molar-refractivity contribution in [2.75, 3.05) is 0 Å². The third-order valence-electron chi connectivity index (χ3n) is 1.43. The molecule has 0 aliphatic heterocycles. The first-order valence-electron chi connectivity index (χ1n) is 3.87. The van der Waals surface area contributed by atoms with Crippen molar-refractivity contribution >= 4 is 17.9 Å². The molecule has 3 heteroatoms. The molecule has 0 amide bonds. The Labute approximate surface area is 82.5 Å². The van der Waals surface area contributed by atoms with Crippen molar-refractivity contribution in [3.63, 3.8) is 0 Å². The molecule has 69 valence electrons. The van der Waals surface area contributed by atoms with Gasteiger partial charge in [-0.3, -0.25) is 4.79 Å². The van der Waals surface area contributed by atoms with Crippen LogP contribution in [0.2, 0.25) is 5.02 Å². The highest BCUT2D eigenvalue weighted by molar-refractivity contribution is 6.30. The molecule has 1 aromatic rings. The van der Waals surface area contributed by atoms with E-state index < -0.39 is 5.60 Å². The number of carbonyl (C=O) groups excluding carboxylic acids is 1. The van der Waals surface area contributed by atoms with Gasteiger partial charge in [-0.1, -0.05) is 11.6 Å². The topological polar surface area (TPSA) is 26.3 Å². The zero-order valence-corrected chi connectivity index (χ0v) is 8.26. The SMILES string of the molecule is CC(C)([C]=O)Oc1ccc(Cl)cc1. The van der Waals surface area contributed by atoms with Crippen LogP contribution in [0.5, 0.6) is 5.75 Å². The van der Waals surface area contributed by atoms with Crippen LogP contribution < -0.4 is 4.74 Å². The van der Waals surface area contributed by atoms with Crippen molar-refractivity contribution < 1.29 is 9.53 Å². The van der Waals surface area contributed by atoms with Gasteiger partial charge >= 0.3 is 0 Å². The molecule has 1 radical (unpaired) electrons. The summed E-state index contributed by atoms with van der Waals surface area (Å²) in [6, 6.07) is 6.83. The quantitative estimate of drug-likeness (QED) is 0.745. The highest BCUT2D eigenvalue weighted by atomic mass is 35.5. The number of rotatable bonds is 3. The molecule has 0 aliphatic carbocycles. The number of hydrogen-bond acceptors (Lipinski definition) is 2. The average molecular weight is 198 g/mol. The minimum Gasteiger partial charge on any atom is -0.480 e. The van der Waals surface area contributed by atoms with E-state index in [4.69, 9.17) is 16.3 Å². The van der Waals surface area contributed by atoms with Crippen LogP contribution >= 0.6 is 11.6 Å². The molecule has 0 fully saturated rings. The van der Waals surface area contributed by atoms with Crippen molar-refractivity contribution in [2.24, 2.45) is 0 Å². The van der Waals surface area contributed by atoms with Gasteiger partial charge in [-0.05, 0) is 38.1 Å². The molecule has 0 bridgehead atoms. The van der Waals surface area contributed by atoms with Gasteiger partial charge in [0, 0.05) is 5.02 Å². The van der Waals surface area contributed by atoms with E-state index in [1.165, 1.54) is 0 Å². The Hall–Kier alpha value is -1.02. The lowest BCUT2D eigenvalue weighted by atomic mass is 10.2. The molecule has 0 aromatic heterocycles. The second-order valence-corrected chi connectivity index (χ2v) is 3.60. The first kappa shape index (κ1) is 10.1. The van der Waals surface area contributed by atoms with Crippen molar-refractivity contribution in [2.45, 2.75) is 19.4 Å². The smallest absolute Gasteiger partial charge is 0.245 e. The van der Waals surface area contributed by atoms with E-state index in [-0.39, 0.29) is 0 Å². The van der Waals surface area contributed by atoms with E-state index in [1.807, 2.05) is 0 Å². The monoisotopic (exact) mass is 197 g/mol. The Morgan fingerprint density at radius 2 is 1.85 bits per heavy atom. The van der Waals surface area contributed by atoms with Gasteiger partial charge in [-0.2, -0.15) is 0 Å². The fourth-order valence-corrected chi connectivity index (χ4v) is 0.944. The maximum Gasteiger partial charge on any atom is 0.245 e. The van der Waals surface area contributed by atoms with Crippen LogP contribution in [0.25, 0.3) is 0 Å². The molecule has 0 aliphatic rings. The van der Waals surface area contributed by atoms with E-state index in [9.17, 15) is 4.79 Å². The van der Waals surface area contributed by atoms with Crippen LogP contribution in [-0.2, 0) is 4.79 Å². The van der Waals surface area contributed by atoms with E-state index in [0.29, 0.717) is 10.8 Å². The molecule has 0 saturated carbocycles. The van der Waals surface area contributed by atoms with Crippen LogP contribution in [0.3, 0.4) is 0 Å². The third kappa shape index (κ3) is 3.07. The minimum absolute atomic E-state index is 0.609. The van der Waals surface area contributed by atoms with Gasteiger partial charge in [0.15, 0.2) is 5.60 Å². The maximum absolute atomic E-state index is 10.4. The van der Waals surface area contributed by atoms with E-state index in [0.717, 1.165) is 0 Å². The summed E-state index contributed by atoms with van der Waals surface area (Å²) in [5.74, 6) is 0.609. The maximum atomic E-state index is 10.4. The van der Waals surface area contributed by atoms with Crippen molar-refractivity contribution in [1.82, 2.24) is 0 Å². The third-order valence-corrected chi connectivity index (χ3v) is 1.68. The fourth-order valence-electron chi connectivity index (χ4n) is 0.818. The number of hydrogen-bond donors (Lipinski definition) is 0. The molecule has 13 heavy (non-hydrogen) atoms. The summed E-state index contributed by atoms with van der Waals surface area (Å²) >= 11 is 5.68. The Balaban J connectivity index is 2.75. The average Bonchev–Trinajstić information content (AvgIpc) is 2.09. The molecule has 0 saturated heterocycles. The predicted octanol–water partition coefficient (Wildman–Crippen LogP) is 2.61. The molecule has 2 nitrogen and oxygen atoms in total. The van der Waals surface area contributed by atoms with E-state index in [2.05, 4.69) is 0 Å². The van der Waals surface area contributed by atoms with Gasteiger partial charge in [0.1, 0.15) is 5.75 Å². The van der Waals surface area contributed by atoms with Crippen molar-refractivity contribution in [3.8, 4) is 5.75 Å². The zero-order chi connectivity index (χ0) is 9.90. The van der Waals surface area contributed by atoms with Gasteiger partial charge in [-0.15, -0.1) is 0 Å². The number of halogens is 1. The molecule has 1 aromatic carbocycles. The van der Waals surface area contributed by atoms with Crippen LogP contribution in [-0.4, -0.2) is 11.9 Å². The standard InChI is InChI=1S/C10H10ClO2/c1-10(2,7-12)13-9-5-3-8(11)4-6-9/h3-6H,1-2H3. The molecule has 1 rings (SSSR count). The summed E-state index contributed by atoms with van der Waals surface area (Å²) < 4.78 is 5.32. The Kier molecular flexibility index (Phi) is 2.94. The molecule has 0 atom stereocenters. The molecular weight excluding hydrogens is 188 g/mol. The Morgan fingerprint density at radius 1 is 1.31 bits per heavy atom. The Bertz CT molecular complexity index is 290. The van der Waals surface area contributed by atoms with Crippen LogP contribution in [0.15, 0.2) is 24.3 Å². The highest BCUT2D eigenvalue weighted by Crippen LogP contribution is 2.19. The summed E-state index contributed by atoms with van der Waals surface area (Å²) in [6.07, 6.45) is 1.80. The van der Waals surface area contributed by atoms with E-state index in [1.54, 1.807) is 44.4 Å². The van der Waals surface area contributed by atoms with Crippen LogP contribution in [0, 0.1) is 0 Å². The molecule has 0 spiro atoms. The summed E-state index contributed by atoms with van der Waals surface area (Å²) in [5.41, 5.74) is -0.909.